The lowest BCUT2D eigenvalue weighted by Crippen LogP contribution is -2.13. The smallest absolute Gasteiger partial charge is 0.261 e. The van der Waals surface area contributed by atoms with Crippen LogP contribution in [0.5, 0.6) is 0 Å². The predicted octanol–water partition coefficient (Wildman–Crippen LogP) is 3.50. The van der Waals surface area contributed by atoms with Gasteiger partial charge in [0.1, 0.15) is 0 Å². The summed E-state index contributed by atoms with van der Waals surface area (Å²) < 4.78 is 27.4. The molecule has 112 valence electrons. The van der Waals surface area contributed by atoms with E-state index in [9.17, 15) is 8.42 Å². The lowest BCUT2D eigenvalue weighted by atomic mass is 10.0. The molecule has 0 atom stereocenters. The fourth-order valence-corrected chi connectivity index (χ4v) is 3.12. The quantitative estimate of drug-likeness (QED) is 0.849. The van der Waals surface area contributed by atoms with Crippen molar-refractivity contribution in [2.24, 2.45) is 0 Å². The Balaban J connectivity index is 2.33. The molecule has 0 unspecified atom stereocenters. The minimum atomic E-state index is -3.60. The third kappa shape index (κ3) is 3.55. The summed E-state index contributed by atoms with van der Waals surface area (Å²) in [6.07, 6.45) is 0. The molecule has 2 aromatic rings. The molecule has 2 rings (SSSR count). The highest BCUT2D eigenvalue weighted by Crippen LogP contribution is 2.22. The molecule has 5 heteroatoms. The molecule has 0 aliphatic rings. The molecule has 0 amide bonds. The van der Waals surface area contributed by atoms with Gasteiger partial charge >= 0.3 is 0 Å². The maximum absolute atomic E-state index is 12.4. The second kappa shape index (κ2) is 5.77. The van der Waals surface area contributed by atoms with Gasteiger partial charge in [-0.15, -0.1) is 0 Å². The van der Waals surface area contributed by atoms with Gasteiger partial charge in [-0.1, -0.05) is 26.0 Å². The van der Waals surface area contributed by atoms with Crippen LogP contribution in [0.25, 0.3) is 0 Å². The van der Waals surface area contributed by atoms with Crippen molar-refractivity contribution in [2.75, 3.05) is 10.5 Å². The van der Waals surface area contributed by atoms with Gasteiger partial charge < -0.3 is 5.73 Å². The van der Waals surface area contributed by atoms with Gasteiger partial charge in [-0.3, -0.25) is 4.72 Å². The number of aryl methyl sites for hydroxylation is 1. The number of hydrogen-bond acceptors (Lipinski definition) is 3. The zero-order valence-electron chi connectivity index (χ0n) is 12.4. The van der Waals surface area contributed by atoms with Crippen LogP contribution in [0.4, 0.5) is 11.4 Å². The van der Waals surface area contributed by atoms with E-state index in [-0.39, 0.29) is 4.90 Å². The van der Waals surface area contributed by atoms with Crippen molar-refractivity contribution in [2.45, 2.75) is 31.6 Å². The van der Waals surface area contributed by atoms with Crippen LogP contribution in [-0.4, -0.2) is 8.42 Å². The standard InChI is InChI=1S/C16H20N2O2S/c1-11(2)13-5-4-6-14(10-13)18-21(19,20)15-7-8-16(17)12(3)9-15/h4-11,18H,17H2,1-3H3. The molecule has 0 aliphatic carbocycles. The van der Waals surface area contributed by atoms with E-state index in [1.54, 1.807) is 25.1 Å². The van der Waals surface area contributed by atoms with Crippen LogP contribution < -0.4 is 10.5 Å². The van der Waals surface area contributed by atoms with Gasteiger partial charge in [0.15, 0.2) is 0 Å². The SMILES string of the molecule is Cc1cc(S(=O)(=O)Nc2cccc(C(C)C)c2)ccc1N. The highest BCUT2D eigenvalue weighted by molar-refractivity contribution is 7.92. The Morgan fingerprint density at radius 2 is 1.81 bits per heavy atom. The lowest BCUT2D eigenvalue weighted by molar-refractivity contribution is 0.601. The fraction of sp³-hybridized carbons (Fsp3) is 0.250. The Hall–Kier alpha value is -2.01. The van der Waals surface area contributed by atoms with Crippen LogP contribution in [0, 0.1) is 6.92 Å². The second-order valence-corrected chi connectivity index (χ2v) is 7.09. The molecule has 0 radical (unpaired) electrons. The lowest BCUT2D eigenvalue weighted by Gasteiger charge is -2.12. The Morgan fingerprint density at radius 3 is 2.43 bits per heavy atom. The Labute approximate surface area is 126 Å². The van der Waals surface area contributed by atoms with E-state index in [1.165, 1.54) is 6.07 Å². The van der Waals surface area contributed by atoms with Crippen molar-refractivity contribution >= 4 is 21.4 Å². The molecular weight excluding hydrogens is 284 g/mol. The molecule has 0 fully saturated rings. The minimum absolute atomic E-state index is 0.212. The van der Waals surface area contributed by atoms with Crippen molar-refractivity contribution in [3.63, 3.8) is 0 Å². The maximum atomic E-state index is 12.4. The number of rotatable bonds is 4. The van der Waals surface area contributed by atoms with Gasteiger partial charge in [0.05, 0.1) is 4.90 Å². The highest BCUT2D eigenvalue weighted by atomic mass is 32.2. The summed E-state index contributed by atoms with van der Waals surface area (Å²) in [5, 5.41) is 0. The monoisotopic (exact) mass is 304 g/mol. The summed E-state index contributed by atoms with van der Waals surface area (Å²) in [5.41, 5.74) is 8.70. The Bertz CT molecular complexity index is 753. The average Bonchev–Trinajstić information content (AvgIpc) is 2.41. The molecule has 0 heterocycles. The molecule has 4 nitrogen and oxygen atoms in total. The number of nitrogen functional groups attached to an aromatic ring is 1. The van der Waals surface area contributed by atoms with Crippen molar-refractivity contribution in [3.05, 3.63) is 53.6 Å². The van der Waals surface area contributed by atoms with Crippen LogP contribution in [0.15, 0.2) is 47.4 Å². The van der Waals surface area contributed by atoms with Crippen LogP contribution in [0.1, 0.15) is 30.9 Å². The Kier molecular flexibility index (Phi) is 4.23. The van der Waals surface area contributed by atoms with Gasteiger partial charge in [0, 0.05) is 11.4 Å². The zero-order chi connectivity index (χ0) is 15.6. The first-order valence-corrected chi connectivity index (χ1v) is 8.27. The van der Waals surface area contributed by atoms with E-state index in [1.807, 2.05) is 18.2 Å². The first-order chi connectivity index (χ1) is 9.79. The van der Waals surface area contributed by atoms with Gasteiger partial charge in [0.2, 0.25) is 0 Å². The van der Waals surface area contributed by atoms with Crippen molar-refractivity contribution in [1.82, 2.24) is 0 Å². The summed E-state index contributed by atoms with van der Waals surface area (Å²) in [6.45, 7) is 5.92. The van der Waals surface area contributed by atoms with Crippen molar-refractivity contribution < 1.29 is 8.42 Å². The van der Waals surface area contributed by atoms with E-state index < -0.39 is 10.0 Å². The van der Waals surface area contributed by atoms with E-state index in [2.05, 4.69) is 18.6 Å². The summed E-state index contributed by atoms with van der Waals surface area (Å²) in [4.78, 5) is 0.212. The average molecular weight is 304 g/mol. The van der Waals surface area contributed by atoms with Gasteiger partial charge in [-0.05, 0) is 54.3 Å². The molecule has 21 heavy (non-hydrogen) atoms. The molecule has 0 spiro atoms. The number of anilines is 2. The van der Waals surface area contributed by atoms with Crippen molar-refractivity contribution in [1.29, 1.82) is 0 Å². The summed E-state index contributed by atoms with van der Waals surface area (Å²) >= 11 is 0. The molecule has 0 bridgehead atoms. The molecule has 0 aromatic heterocycles. The minimum Gasteiger partial charge on any atom is -0.399 e. The summed E-state index contributed by atoms with van der Waals surface area (Å²) in [6, 6.07) is 12.1. The fourth-order valence-electron chi connectivity index (χ4n) is 1.99. The Morgan fingerprint density at radius 1 is 1.10 bits per heavy atom. The molecule has 3 N–H and O–H groups in total. The van der Waals surface area contributed by atoms with E-state index >= 15 is 0 Å². The topological polar surface area (TPSA) is 72.2 Å². The largest absolute Gasteiger partial charge is 0.399 e. The molecule has 0 aliphatic heterocycles. The summed E-state index contributed by atoms with van der Waals surface area (Å²) in [7, 11) is -3.60. The number of nitrogens with two attached hydrogens (primary N) is 1. The van der Waals surface area contributed by atoms with Crippen LogP contribution in [-0.2, 0) is 10.0 Å². The number of benzene rings is 2. The normalized spacial score (nSPS) is 11.6. The predicted molar refractivity (Wildman–Crippen MR) is 86.9 cm³/mol. The van der Waals surface area contributed by atoms with Gasteiger partial charge in [-0.2, -0.15) is 0 Å². The molecule has 0 saturated heterocycles. The maximum Gasteiger partial charge on any atom is 0.261 e. The van der Waals surface area contributed by atoms with E-state index in [0.29, 0.717) is 17.3 Å². The summed E-state index contributed by atoms with van der Waals surface area (Å²) in [5.74, 6) is 0.341. The first kappa shape index (κ1) is 15.4. The van der Waals surface area contributed by atoms with Crippen LogP contribution in [0.3, 0.4) is 0 Å². The number of nitrogens with one attached hydrogen (secondary N) is 1. The van der Waals surface area contributed by atoms with E-state index in [0.717, 1.165) is 11.1 Å². The third-order valence-corrected chi connectivity index (χ3v) is 4.74. The highest BCUT2D eigenvalue weighted by Gasteiger charge is 2.15. The second-order valence-electron chi connectivity index (χ2n) is 5.40. The number of sulfonamides is 1. The third-order valence-electron chi connectivity index (χ3n) is 3.36. The number of hydrogen-bond donors (Lipinski definition) is 2. The van der Waals surface area contributed by atoms with Crippen LogP contribution >= 0.6 is 0 Å². The molecule has 2 aromatic carbocycles. The molecular formula is C16H20N2O2S. The van der Waals surface area contributed by atoms with E-state index in [4.69, 9.17) is 5.73 Å². The van der Waals surface area contributed by atoms with Gasteiger partial charge in [-0.25, -0.2) is 8.42 Å². The molecule has 0 saturated carbocycles. The first-order valence-electron chi connectivity index (χ1n) is 6.78. The van der Waals surface area contributed by atoms with Gasteiger partial charge in [0.25, 0.3) is 10.0 Å². The van der Waals surface area contributed by atoms with Crippen LogP contribution in [0.2, 0.25) is 0 Å². The zero-order valence-corrected chi connectivity index (χ0v) is 13.2. The van der Waals surface area contributed by atoms with Crippen molar-refractivity contribution in [3.8, 4) is 0 Å².